The van der Waals surface area contributed by atoms with E-state index in [-0.39, 0.29) is 5.91 Å². The molecule has 0 saturated heterocycles. The second-order valence-corrected chi connectivity index (χ2v) is 5.78. The third-order valence-corrected chi connectivity index (χ3v) is 4.13. The molecule has 0 spiro atoms. The van der Waals surface area contributed by atoms with Crippen LogP contribution in [0.3, 0.4) is 0 Å². The van der Waals surface area contributed by atoms with Gasteiger partial charge in [0.15, 0.2) is 0 Å². The van der Waals surface area contributed by atoms with Crippen molar-refractivity contribution in [1.29, 1.82) is 0 Å². The standard InChI is InChI=1S/C19H20N2O4/c1-13(22)21-19(2,15-6-5-7-17(12-15)24-4)25-18(20-21)14-8-10-16(23-3)11-9-14/h5-12H,1-4H3. The minimum Gasteiger partial charge on any atom is -0.497 e. The Kier molecular flexibility index (Phi) is 4.35. The van der Waals surface area contributed by atoms with Gasteiger partial charge in [0.2, 0.25) is 17.5 Å². The molecule has 0 aliphatic carbocycles. The third kappa shape index (κ3) is 3.03. The molecular formula is C19H20N2O4. The lowest BCUT2D eigenvalue weighted by molar-refractivity contribution is -0.146. The van der Waals surface area contributed by atoms with Gasteiger partial charge in [-0.2, -0.15) is 5.01 Å². The zero-order valence-electron chi connectivity index (χ0n) is 14.6. The average Bonchev–Trinajstić information content (AvgIpc) is 3.01. The van der Waals surface area contributed by atoms with E-state index in [1.54, 1.807) is 14.2 Å². The fourth-order valence-corrected chi connectivity index (χ4v) is 2.75. The van der Waals surface area contributed by atoms with Gasteiger partial charge in [0, 0.05) is 25.0 Å². The summed E-state index contributed by atoms with van der Waals surface area (Å²) in [6.07, 6.45) is 0. The molecule has 0 bridgehead atoms. The Morgan fingerprint density at radius 1 is 1.08 bits per heavy atom. The fraction of sp³-hybridized carbons (Fsp3) is 0.263. The molecule has 6 heteroatoms. The number of benzene rings is 2. The van der Waals surface area contributed by atoms with Crippen LogP contribution in [0.15, 0.2) is 53.6 Å². The maximum absolute atomic E-state index is 12.2. The lowest BCUT2D eigenvalue weighted by atomic mass is 10.0. The first kappa shape index (κ1) is 16.8. The summed E-state index contributed by atoms with van der Waals surface area (Å²) in [5.41, 5.74) is 0.489. The lowest BCUT2D eigenvalue weighted by Crippen LogP contribution is -2.41. The van der Waals surface area contributed by atoms with Gasteiger partial charge in [0.1, 0.15) is 11.5 Å². The molecule has 1 unspecified atom stereocenters. The second-order valence-electron chi connectivity index (χ2n) is 5.78. The van der Waals surface area contributed by atoms with Crippen molar-refractivity contribution in [2.45, 2.75) is 19.6 Å². The normalized spacial score (nSPS) is 19.2. The number of ether oxygens (including phenoxy) is 3. The van der Waals surface area contributed by atoms with Gasteiger partial charge < -0.3 is 14.2 Å². The highest BCUT2D eigenvalue weighted by Crippen LogP contribution is 2.37. The monoisotopic (exact) mass is 340 g/mol. The second kappa shape index (κ2) is 6.47. The molecule has 0 N–H and O–H groups in total. The van der Waals surface area contributed by atoms with Gasteiger partial charge in [-0.25, -0.2) is 0 Å². The summed E-state index contributed by atoms with van der Waals surface area (Å²) < 4.78 is 16.6. The van der Waals surface area contributed by atoms with Gasteiger partial charge in [-0.3, -0.25) is 4.79 Å². The highest BCUT2D eigenvalue weighted by Gasteiger charge is 2.45. The first-order valence-corrected chi connectivity index (χ1v) is 7.85. The van der Waals surface area contributed by atoms with Crippen LogP contribution in [0.2, 0.25) is 0 Å². The number of methoxy groups -OCH3 is 2. The van der Waals surface area contributed by atoms with E-state index in [0.717, 1.165) is 16.9 Å². The van der Waals surface area contributed by atoms with Crippen molar-refractivity contribution in [3.8, 4) is 11.5 Å². The molecule has 3 rings (SSSR count). The number of nitrogens with zero attached hydrogens (tertiary/aromatic N) is 2. The van der Waals surface area contributed by atoms with E-state index in [9.17, 15) is 4.79 Å². The molecule has 1 heterocycles. The molecular weight excluding hydrogens is 320 g/mol. The molecule has 2 aromatic rings. The molecule has 1 aliphatic heterocycles. The Morgan fingerprint density at radius 3 is 2.36 bits per heavy atom. The summed E-state index contributed by atoms with van der Waals surface area (Å²) in [6.45, 7) is 3.27. The van der Waals surface area contributed by atoms with E-state index in [2.05, 4.69) is 5.10 Å². The van der Waals surface area contributed by atoms with E-state index in [1.807, 2.05) is 55.5 Å². The number of hydrogen-bond acceptors (Lipinski definition) is 5. The number of rotatable bonds is 4. The van der Waals surface area contributed by atoms with Crippen LogP contribution >= 0.6 is 0 Å². The highest BCUT2D eigenvalue weighted by molar-refractivity contribution is 5.96. The molecule has 0 aromatic heterocycles. The van der Waals surface area contributed by atoms with E-state index < -0.39 is 5.72 Å². The first-order valence-electron chi connectivity index (χ1n) is 7.85. The quantitative estimate of drug-likeness (QED) is 0.858. The van der Waals surface area contributed by atoms with E-state index in [1.165, 1.54) is 11.9 Å². The third-order valence-electron chi connectivity index (χ3n) is 4.13. The molecule has 1 amide bonds. The number of amides is 1. The van der Waals surface area contributed by atoms with Gasteiger partial charge in [-0.15, -0.1) is 5.10 Å². The summed E-state index contributed by atoms with van der Waals surface area (Å²) >= 11 is 0. The van der Waals surface area contributed by atoms with Crippen LogP contribution in [-0.2, 0) is 15.3 Å². The fourth-order valence-electron chi connectivity index (χ4n) is 2.75. The van der Waals surface area contributed by atoms with Crippen molar-refractivity contribution < 1.29 is 19.0 Å². The van der Waals surface area contributed by atoms with Gasteiger partial charge in [-0.05, 0) is 36.4 Å². The Bertz CT molecular complexity index is 816. The molecule has 1 atom stereocenters. The SMILES string of the molecule is COc1ccc(C2=NN(C(C)=O)C(C)(c3cccc(OC)c3)O2)cc1. The van der Waals surface area contributed by atoms with Crippen molar-refractivity contribution in [2.75, 3.05) is 14.2 Å². The van der Waals surface area contributed by atoms with Crippen LogP contribution in [0.4, 0.5) is 0 Å². The van der Waals surface area contributed by atoms with Crippen molar-refractivity contribution in [2.24, 2.45) is 5.10 Å². The van der Waals surface area contributed by atoms with Crippen LogP contribution in [0.25, 0.3) is 0 Å². The van der Waals surface area contributed by atoms with Crippen molar-refractivity contribution in [3.05, 3.63) is 59.7 Å². The number of carbonyl (C=O) groups excluding carboxylic acids is 1. The van der Waals surface area contributed by atoms with Crippen LogP contribution in [0.1, 0.15) is 25.0 Å². The summed E-state index contributed by atoms with van der Waals surface area (Å²) in [5.74, 6) is 1.59. The zero-order valence-corrected chi connectivity index (χ0v) is 14.6. The minimum absolute atomic E-state index is 0.214. The largest absolute Gasteiger partial charge is 0.497 e. The Balaban J connectivity index is 1.99. The number of hydrogen-bond donors (Lipinski definition) is 0. The van der Waals surface area contributed by atoms with Crippen molar-refractivity contribution in [3.63, 3.8) is 0 Å². The van der Waals surface area contributed by atoms with Crippen molar-refractivity contribution in [1.82, 2.24) is 5.01 Å². The number of hydrazone groups is 1. The molecule has 2 aromatic carbocycles. The average molecular weight is 340 g/mol. The Hall–Kier alpha value is -3.02. The molecule has 0 saturated carbocycles. The summed E-state index contributed by atoms with van der Waals surface area (Å²) in [4.78, 5) is 12.2. The molecule has 6 nitrogen and oxygen atoms in total. The highest BCUT2D eigenvalue weighted by atomic mass is 16.6. The van der Waals surface area contributed by atoms with E-state index >= 15 is 0 Å². The summed E-state index contributed by atoms with van der Waals surface area (Å²) in [5, 5.41) is 5.74. The predicted molar refractivity (Wildman–Crippen MR) is 93.5 cm³/mol. The van der Waals surface area contributed by atoms with Crippen LogP contribution in [0, 0.1) is 0 Å². The van der Waals surface area contributed by atoms with Gasteiger partial charge in [0.25, 0.3) is 0 Å². The smallest absolute Gasteiger partial charge is 0.243 e. The van der Waals surface area contributed by atoms with E-state index in [0.29, 0.717) is 11.6 Å². The van der Waals surface area contributed by atoms with Crippen LogP contribution in [-0.4, -0.2) is 31.0 Å². The number of carbonyl (C=O) groups is 1. The van der Waals surface area contributed by atoms with Gasteiger partial charge >= 0.3 is 0 Å². The lowest BCUT2D eigenvalue weighted by Gasteiger charge is -2.31. The molecule has 0 radical (unpaired) electrons. The molecule has 25 heavy (non-hydrogen) atoms. The summed E-state index contributed by atoms with van der Waals surface area (Å²) in [6, 6.07) is 14.7. The zero-order chi connectivity index (χ0) is 18.0. The Labute approximate surface area is 146 Å². The van der Waals surface area contributed by atoms with Gasteiger partial charge in [-0.1, -0.05) is 12.1 Å². The van der Waals surface area contributed by atoms with Crippen molar-refractivity contribution >= 4 is 11.8 Å². The molecule has 1 aliphatic rings. The van der Waals surface area contributed by atoms with Gasteiger partial charge in [0.05, 0.1) is 14.2 Å². The first-order chi connectivity index (χ1) is 12.0. The minimum atomic E-state index is -1.05. The Morgan fingerprint density at radius 2 is 1.76 bits per heavy atom. The van der Waals surface area contributed by atoms with Crippen LogP contribution < -0.4 is 9.47 Å². The maximum atomic E-state index is 12.2. The topological polar surface area (TPSA) is 60.4 Å². The molecule has 130 valence electrons. The predicted octanol–water partition coefficient (Wildman–Crippen LogP) is 3.12. The maximum Gasteiger partial charge on any atom is 0.243 e. The van der Waals surface area contributed by atoms with E-state index in [4.69, 9.17) is 14.2 Å². The molecule has 0 fully saturated rings. The summed E-state index contributed by atoms with van der Waals surface area (Å²) in [7, 11) is 3.20. The van der Waals surface area contributed by atoms with Crippen LogP contribution in [0.5, 0.6) is 11.5 Å².